The summed E-state index contributed by atoms with van der Waals surface area (Å²) in [6.07, 6.45) is -5.08. The number of esters is 1. The van der Waals surface area contributed by atoms with E-state index in [0.717, 1.165) is 17.7 Å². The van der Waals surface area contributed by atoms with E-state index in [1.54, 1.807) is 30.3 Å². The zero-order chi connectivity index (χ0) is 22.6. The van der Waals surface area contributed by atoms with E-state index in [1.807, 2.05) is 5.32 Å². The zero-order valence-electron chi connectivity index (χ0n) is 16.6. The molecule has 1 fully saturated rings. The second-order valence-corrected chi connectivity index (χ2v) is 6.97. The second kappa shape index (κ2) is 8.76. The minimum absolute atomic E-state index is 0.108. The van der Waals surface area contributed by atoms with Crippen molar-refractivity contribution in [3.63, 3.8) is 0 Å². The number of rotatable bonds is 7. The summed E-state index contributed by atoms with van der Waals surface area (Å²) in [7, 11) is 1.17. The molecular weight excluding hydrogens is 415 g/mol. The molecule has 1 atom stereocenters. The van der Waals surface area contributed by atoms with Gasteiger partial charge in [0.05, 0.1) is 20.3 Å². The molecule has 0 aromatic heterocycles. The van der Waals surface area contributed by atoms with Crippen LogP contribution in [0.2, 0.25) is 0 Å². The molecule has 0 spiro atoms. The van der Waals surface area contributed by atoms with E-state index in [4.69, 9.17) is 0 Å². The molecule has 1 unspecified atom stereocenters. The molecule has 0 radical (unpaired) electrons. The Morgan fingerprint density at radius 1 is 1.06 bits per heavy atom. The topological polar surface area (TPSA) is 79.0 Å². The molecule has 2 aromatic rings. The first kappa shape index (κ1) is 22.3. The van der Waals surface area contributed by atoms with E-state index in [0.29, 0.717) is 4.90 Å². The van der Waals surface area contributed by atoms with Crippen molar-refractivity contribution in [2.45, 2.75) is 18.3 Å². The molecule has 31 heavy (non-hydrogen) atoms. The van der Waals surface area contributed by atoms with Crippen LogP contribution in [0.1, 0.15) is 11.1 Å². The van der Waals surface area contributed by atoms with Gasteiger partial charge in [0.15, 0.2) is 0 Å². The number of hydrogen-bond acceptors (Lipinski definition) is 5. The molecule has 2 aromatic carbocycles. The molecule has 1 heterocycles. The van der Waals surface area contributed by atoms with Gasteiger partial charge in [-0.1, -0.05) is 60.7 Å². The monoisotopic (exact) mass is 435 g/mol. The van der Waals surface area contributed by atoms with E-state index in [1.165, 1.54) is 30.2 Å². The SMILES string of the molecule is COC(=O)CN(Cc1ccccc1)CN1C(=O)NC(c2ccccc2)(C(F)(F)F)C1=O. The largest absolute Gasteiger partial charge is 0.468 e. The Hall–Kier alpha value is -3.40. The molecule has 1 saturated heterocycles. The third-order valence-electron chi connectivity index (χ3n) is 4.91. The molecule has 1 N–H and O–H groups in total. The number of nitrogens with zero attached hydrogens (tertiary/aromatic N) is 2. The van der Waals surface area contributed by atoms with Gasteiger partial charge < -0.3 is 10.1 Å². The van der Waals surface area contributed by atoms with Crippen molar-refractivity contribution in [3.05, 3.63) is 71.8 Å². The van der Waals surface area contributed by atoms with Gasteiger partial charge in [-0.25, -0.2) is 9.69 Å². The van der Waals surface area contributed by atoms with E-state index in [-0.39, 0.29) is 13.1 Å². The molecule has 3 amide bonds. The van der Waals surface area contributed by atoms with E-state index < -0.39 is 41.9 Å². The second-order valence-electron chi connectivity index (χ2n) is 6.97. The molecule has 1 aliphatic rings. The Morgan fingerprint density at radius 2 is 1.65 bits per heavy atom. The fraction of sp³-hybridized carbons (Fsp3) is 0.286. The standard InChI is InChI=1S/C21H20F3N3O4/c1-31-17(28)13-26(12-15-8-4-2-5-9-15)14-27-18(29)20(21(22,23)24,25-19(27)30)16-10-6-3-7-11-16/h2-11H,12-14H2,1H3,(H,25,30). The van der Waals surface area contributed by atoms with Crippen LogP contribution in [0, 0.1) is 0 Å². The van der Waals surface area contributed by atoms with Gasteiger partial charge in [-0.2, -0.15) is 13.2 Å². The quantitative estimate of drug-likeness (QED) is 0.535. The summed E-state index contributed by atoms with van der Waals surface area (Å²) in [5.74, 6) is -2.12. The molecule has 1 aliphatic heterocycles. The Bertz CT molecular complexity index is 953. The van der Waals surface area contributed by atoms with Crippen molar-refractivity contribution in [2.75, 3.05) is 20.3 Å². The van der Waals surface area contributed by atoms with Crippen molar-refractivity contribution in [3.8, 4) is 0 Å². The number of nitrogens with one attached hydrogen (secondary N) is 1. The number of benzene rings is 2. The Balaban J connectivity index is 1.92. The average Bonchev–Trinajstić information content (AvgIpc) is 3.00. The van der Waals surface area contributed by atoms with Crippen LogP contribution in [0.15, 0.2) is 60.7 Å². The highest BCUT2D eigenvalue weighted by Gasteiger charge is 2.68. The number of amides is 3. The smallest absolute Gasteiger partial charge is 0.425 e. The van der Waals surface area contributed by atoms with E-state index in [9.17, 15) is 27.6 Å². The summed E-state index contributed by atoms with van der Waals surface area (Å²) >= 11 is 0. The van der Waals surface area contributed by atoms with Gasteiger partial charge >= 0.3 is 18.2 Å². The van der Waals surface area contributed by atoms with Crippen molar-refractivity contribution in [1.29, 1.82) is 0 Å². The van der Waals surface area contributed by atoms with Gasteiger partial charge in [-0.15, -0.1) is 0 Å². The summed E-state index contributed by atoms with van der Waals surface area (Å²) in [5.41, 5.74) is -2.86. The normalized spacial score (nSPS) is 18.9. The number of carbonyl (C=O) groups excluding carboxylic acids is 3. The van der Waals surface area contributed by atoms with Gasteiger partial charge in [0, 0.05) is 6.54 Å². The molecule has 10 heteroatoms. The molecule has 0 aliphatic carbocycles. The van der Waals surface area contributed by atoms with Crippen molar-refractivity contribution < 1.29 is 32.3 Å². The van der Waals surface area contributed by atoms with Gasteiger partial charge in [0.25, 0.3) is 5.91 Å². The maximum absolute atomic E-state index is 14.1. The van der Waals surface area contributed by atoms with Crippen LogP contribution < -0.4 is 5.32 Å². The predicted molar refractivity (Wildman–Crippen MR) is 103 cm³/mol. The van der Waals surface area contributed by atoms with Crippen LogP contribution in [-0.2, 0) is 26.4 Å². The van der Waals surface area contributed by atoms with Gasteiger partial charge in [-0.3, -0.25) is 14.5 Å². The van der Waals surface area contributed by atoms with Crippen molar-refractivity contribution in [2.24, 2.45) is 0 Å². The highest BCUT2D eigenvalue weighted by molar-refractivity contribution is 6.08. The lowest BCUT2D eigenvalue weighted by Gasteiger charge is -2.30. The van der Waals surface area contributed by atoms with Crippen molar-refractivity contribution in [1.82, 2.24) is 15.1 Å². The molecular formula is C21H20F3N3O4. The number of imide groups is 1. The maximum atomic E-state index is 14.1. The lowest BCUT2D eigenvalue weighted by atomic mass is 9.89. The summed E-state index contributed by atoms with van der Waals surface area (Å²) in [6.45, 7) is -0.747. The fourth-order valence-corrected chi connectivity index (χ4v) is 3.39. The van der Waals surface area contributed by atoms with Crippen LogP contribution in [0.5, 0.6) is 0 Å². The van der Waals surface area contributed by atoms with Crippen LogP contribution in [-0.4, -0.2) is 54.2 Å². The van der Waals surface area contributed by atoms with Crippen LogP contribution in [0.3, 0.4) is 0 Å². The highest BCUT2D eigenvalue weighted by Crippen LogP contribution is 2.43. The number of alkyl halides is 3. The van der Waals surface area contributed by atoms with Gasteiger partial charge in [0.1, 0.15) is 0 Å². The Kier molecular flexibility index (Phi) is 6.30. The predicted octanol–water partition coefficient (Wildman–Crippen LogP) is 2.63. The van der Waals surface area contributed by atoms with Crippen LogP contribution in [0.4, 0.5) is 18.0 Å². The highest BCUT2D eigenvalue weighted by atomic mass is 19.4. The van der Waals surface area contributed by atoms with E-state index >= 15 is 0 Å². The number of urea groups is 1. The first-order valence-corrected chi connectivity index (χ1v) is 9.28. The Morgan fingerprint density at radius 3 is 2.19 bits per heavy atom. The average molecular weight is 435 g/mol. The summed E-state index contributed by atoms with van der Waals surface area (Å²) in [5, 5.41) is 1.83. The summed E-state index contributed by atoms with van der Waals surface area (Å²) < 4.78 is 46.9. The molecule has 0 bridgehead atoms. The van der Waals surface area contributed by atoms with Crippen molar-refractivity contribution >= 4 is 17.9 Å². The third-order valence-corrected chi connectivity index (χ3v) is 4.91. The molecule has 3 rings (SSSR count). The van der Waals surface area contributed by atoms with Gasteiger partial charge in [-0.05, 0) is 11.1 Å². The number of carbonyl (C=O) groups is 3. The summed E-state index contributed by atoms with van der Waals surface area (Å²) in [4.78, 5) is 39.2. The first-order valence-electron chi connectivity index (χ1n) is 9.28. The lowest BCUT2D eigenvalue weighted by molar-refractivity contribution is -0.198. The molecule has 164 valence electrons. The van der Waals surface area contributed by atoms with Gasteiger partial charge in [0.2, 0.25) is 5.54 Å². The summed E-state index contributed by atoms with van der Waals surface area (Å²) in [6, 6.07) is 14.1. The molecule has 0 saturated carbocycles. The number of hydrogen-bond donors (Lipinski definition) is 1. The minimum atomic E-state index is -5.08. The lowest BCUT2D eigenvalue weighted by Crippen LogP contribution is -2.56. The number of ether oxygens (including phenoxy) is 1. The minimum Gasteiger partial charge on any atom is -0.468 e. The van der Waals surface area contributed by atoms with Crippen LogP contribution >= 0.6 is 0 Å². The molecule has 7 nitrogen and oxygen atoms in total. The number of methoxy groups -OCH3 is 1. The third kappa shape index (κ3) is 4.38. The van der Waals surface area contributed by atoms with Crippen LogP contribution in [0.25, 0.3) is 0 Å². The Labute approximate surface area is 176 Å². The first-order chi connectivity index (χ1) is 14.7. The zero-order valence-corrected chi connectivity index (χ0v) is 16.6. The number of halogens is 3. The van der Waals surface area contributed by atoms with E-state index in [2.05, 4.69) is 4.74 Å². The maximum Gasteiger partial charge on any atom is 0.425 e. The fourth-order valence-electron chi connectivity index (χ4n) is 3.39.